The van der Waals surface area contributed by atoms with E-state index >= 15 is 0 Å². The number of aromatic nitrogens is 1. The van der Waals surface area contributed by atoms with Gasteiger partial charge in [0.1, 0.15) is 12.1 Å². The van der Waals surface area contributed by atoms with Crippen LogP contribution < -0.4 is 5.32 Å². The van der Waals surface area contributed by atoms with Crippen LogP contribution in [-0.4, -0.2) is 39.2 Å². The molecule has 2 aromatic rings. The molecule has 0 fully saturated rings. The van der Waals surface area contributed by atoms with Crippen molar-refractivity contribution >= 4 is 23.3 Å². The molecule has 1 heterocycles. The van der Waals surface area contributed by atoms with Crippen LogP contribution in [0.1, 0.15) is 36.4 Å². The molecule has 0 aliphatic carbocycles. The number of hydrogen-bond donors (Lipinski definition) is 3. The Bertz CT molecular complexity index is 796. The van der Waals surface area contributed by atoms with E-state index in [1.165, 1.54) is 11.3 Å². The molecule has 0 aliphatic rings. The topological polar surface area (TPSA) is 99.5 Å². The van der Waals surface area contributed by atoms with Gasteiger partial charge in [-0.2, -0.15) is 0 Å². The van der Waals surface area contributed by atoms with Crippen molar-refractivity contribution in [2.24, 2.45) is 5.92 Å². The van der Waals surface area contributed by atoms with Gasteiger partial charge in [-0.05, 0) is 38.3 Å². The molecule has 27 heavy (non-hydrogen) atoms. The lowest BCUT2D eigenvalue weighted by Crippen LogP contribution is -2.48. The number of aryl methyl sites for hydroxylation is 2. The fraction of sp³-hybridized carbons (Fsp3) is 0.450. The summed E-state index contributed by atoms with van der Waals surface area (Å²) in [6.45, 7) is 7.86. The largest absolute Gasteiger partial charge is 0.480 e. The average Bonchev–Trinajstić information content (AvgIpc) is 3.00. The smallest absolute Gasteiger partial charge is 0.321 e. The molecule has 2 rings (SSSR count). The number of carboxylic acid groups (broad SMARTS) is 2. The zero-order chi connectivity index (χ0) is 20.1. The standard InChI is InChI=1S/C20H26N2O4S/c1-11(2)5-15(19(23)24)21-16(20(25)26)9-18-22-17(10-27-18)14-7-12(3)6-13(4)8-14/h6-8,10-11,15-16,21H,5,9H2,1-4H3,(H,23,24)(H,25,26)/t15-,16-/m0/s1. The maximum absolute atomic E-state index is 11.6. The predicted molar refractivity (Wildman–Crippen MR) is 106 cm³/mol. The van der Waals surface area contributed by atoms with Crippen LogP contribution in [-0.2, 0) is 16.0 Å². The minimum atomic E-state index is -1.08. The third kappa shape index (κ3) is 6.15. The molecular formula is C20H26N2O4S. The summed E-state index contributed by atoms with van der Waals surface area (Å²) < 4.78 is 0. The van der Waals surface area contributed by atoms with Gasteiger partial charge in [0, 0.05) is 17.4 Å². The number of aliphatic carboxylic acids is 2. The van der Waals surface area contributed by atoms with Gasteiger partial charge < -0.3 is 10.2 Å². The lowest BCUT2D eigenvalue weighted by Gasteiger charge is -2.21. The molecule has 0 spiro atoms. The molecule has 146 valence electrons. The molecule has 7 heteroatoms. The highest BCUT2D eigenvalue weighted by Gasteiger charge is 2.27. The summed E-state index contributed by atoms with van der Waals surface area (Å²) >= 11 is 1.39. The van der Waals surface area contributed by atoms with Gasteiger partial charge >= 0.3 is 11.9 Å². The Kier molecular flexibility index (Phi) is 7.10. The molecule has 0 radical (unpaired) electrons. The molecule has 0 bridgehead atoms. The normalized spacial score (nSPS) is 13.5. The molecule has 1 aromatic heterocycles. The number of hydrogen-bond acceptors (Lipinski definition) is 5. The van der Waals surface area contributed by atoms with Gasteiger partial charge in [0.15, 0.2) is 0 Å². The Morgan fingerprint density at radius 1 is 1.07 bits per heavy atom. The molecule has 2 atom stereocenters. The Balaban J connectivity index is 2.16. The van der Waals surface area contributed by atoms with E-state index < -0.39 is 24.0 Å². The van der Waals surface area contributed by atoms with E-state index in [4.69, 9.17) is 0 Å². The fourth-order valence-electron chi connectivity index (χ4n) is 3.01. The van der Waals surface area contributed by atoms with E-state index in [-0.39, 0.29) is 12.3 Å². The van der Waals surface area contributed by atoms with Crippen molar-refractivity contribution in [2.75, 3.05) is 0 Å². The van der Waals surface area contributed by atoms with Crippen LogP contribution in [0.2, 0.25) is 0 Å². The maximum Gasteiger partial charge on any atom is 0.321 e. The number of carbonyl (C=O) groups is 2. The van der Waals surface area contributed by atoms with Crippen molar-refractivity contribution in [1.29, 1.82) is 0 Å². The first-order chi connectivity index (χ1) is 12.7. The fourth-order valence-corrected chi connectivity index (χ4v) is 3.86. The van der Waals surface area contributed by atoms with E-state index in [0.29, 0.717) is 11.4 Å². The maximum atomic E-state index is 11.6. The van der Waals surface area contributed by atoms with Crippen LogP contribution >= 0.6 is 11.3 Å². The monoisotopic (exact) mass is 390 g/mol. The first-order valence-corrected chi connectivity index (χ1v) is 9.78. The second-order valence-corrected chi connectivity index (χ2v) is 8.23. The van der Waals surface area contributed by atoms with Crippen molar-refractivity contribution in [3.05, 3.63) is 39.7 Å². The summed E-state index contributed by atoms with van der Waals surface area (Å²) in [7, 11) is 0. The molecule has 3 N–H and O–H groups in total. The molecule has 0 unspecified atom stereocenters. The summed E-state index contributed by atoms with van der Waals surface area (Å²) in [5.74, 6) is -1.97. The van der Waals surface area contributed by atoms with Crippen LogP contribution in [0, 0.1) is 19.8 Å². The van der Waals surface area contributed by atoms with Gasteiger partial charge in [0.2, 0.25) is 0 Å². The van der Waals surface area contributed by atoms with Gasteiger partial charge in [-0.25, -0.2) is 4.98 Å². The molecular weight excluding hydrogens is 364 g/mol. The summed E-state index contributed by atoms with van der Waals surface area (Å²) in [6.07, 6.45) is 0.511. The van der Waals surface area contributed by atoms with Gasteiger partial charge in [-0.1, -0.05) is 31.0 Å². The highest BCUT2D eigenvalue weighted by atomic mass is 32.1. The number of carboxylic acids is 2. The van der Waals surface area contributed by atoms with Crippen LogP contribution in [0.4, 0.5) is 0 Å². The van der Waals surface area contributed by atoms with Gasteiger partial charge in [0.25, 0.3) is 0 Å². The summed E-state index contributed by atoms with van der Waals surface area (Å²) in [5, 5.41) is 24.2. The van der Waals surface area contributed by atoms with E-state index in [9.17, 15) is 19.8 Å². The highest BCUT2D eigenvalue weighted by molar-refractivity contribution is 7.10. The summed E-state index contributed by atoms with van der Waals surface area (Å²) in [5.41, 5.74) is 4.09. The zero-order valence-electron chi connectivity index (χ0n) is 16.0. The number of nitrogens with one attached hydrogen (secondary N) is 1. The van der Waals surface area contributed by atoms with Gasteiger partial charge in [-0.3, -0.25) is 14.9 Å². The van der Waals surface area contributed by atoms with Crippen LogP contribution in [0.3, 0.4) is 0 Å². The van der Waals surface area contributed by atoms with E-state index in [1.807, 2.05) is 45.2 Å². The molecule has 0 amide bonds. The molecule has 0 aliphatic heterocycles. The van der Waals surface area contributed by atoms with E-state index in [1.54, 1.807) is 0 Å². The van der Waals surface area contributed by atoms with Crippen LogP contribution in [0.5, 0.6) is 0 Å². The highest BCUT2D eigenvalue weighted by Crippen LogP contribution is 2.25. The Labute approximate surface area is 163 Å². The Hall–Kier alpha value is -2.25. The van der Waals surface area contributed by atoms with Gasteiger partial charge in [0.05, 0.1) is 10.7 Å². The van der Waals surface area contributed by atoms with Crippen molar-refractivity contribution in [2.45, 2.75) is 52.6 Å². The first kappa shape index (κ1) is 21.1. The predicted octanol–water partition coefficient (Wildman–Crippen LogP) is 3.51. The quantitative estimate of drug-likeness (QED) is 0.606. The first-order valence-electron chi connectivity index (χ1n) is 8.90. The van der Waals surface area contributed by atoms with Crippen molar-refractivity contribution in [1.82, 2.24) is 10.3 Å². The Morgan fingerprint density at radius 3 is 2.19 bits per heavy atom. The minimum absolute atomic E-state index is 0.143. The summed E-state index contributed by atoms with van der Waals surface area (Å²) in [6, 6.07) is 4.28. The second kappa shape index (κ2) is 9.10. The lowest BCUT2D eigenvalue weighted by atomic mass is 10.0. The lowest BCUT2D eigenvalue weighted by molar-refractivity contribution is -0.142. The number of thiazole rings is 1. The van der Waals surface area contributed by atoms with Gasteiger partial charge in [-0.15, -0.1) is 11.3 Å². The van der Waals surface area contributed by atoms with Crippen molar-refractivity contribution < 1.29 is 19.8 Å². The van der Waals surface area contributed by atoms with Crippen molar-refractivity contribution in [3.8, 4) is 11.3 Å². The third-order valence-corrected chi connectivity index (χ3v) is 5.02. The van der Waals surface area contributed by atoms with Crippen LogP contribution in [0.15, 0.2) is 23.6 Å². The average molecular weight is 391 g/mol. The van der Waals surface area contributed by atoms with Crippen molar-refractivity contribution in [3.63, 3.8) is 0 Å². The second-order valence-electron chi connectivity index (χ2n) is 7.28. The minimum Gasteiger partial charge on any atom is -0.480 e. The molecule has 0 saturated heterocycles. The molecule has 6 nitrogen and oxygen atoms in total. The number of nitrogens with zero attached hydrogens (tertiary/aromatic N) is 1. The van der Waals surface area contributed by atoms with E-state index in [0.717, 1.165) is 22.4 Å². The van der Waals surface area contributed by atoms with Crippen LogP contribution in [0.25, 0.3) is 11.3 Å². The zero-order valence-corrected chi connectivity index (χ0v) is 16.8. The van der Waals surface area contributed by atoms with E-state index in [2.05, 4.69) is 16.4 Å². The third-order valence-electron chi connectivity index (χ3n) is 4.15. The Morgan fingerprint density at radius 2 is 1.67 bits per heavy atom. The number of rotatable bonds is 9. The molecule has 1 aromatic carbocycles. The SMILES string of the molecule is Cc1cc(C)cc(-c2csc(C[C@H](N[C@@H](CC(C)C)C(=O)O)C(=O)O)n2)c1. The summed E-state index contributed by atoms with van der Waals surface area (Å²) in [4.78, 5) is 27.6. The molecule has 0 saturated carbocycles. The number of benzene rings is 1.